The number of nitrogens with zero attached hydrogens (tertiary/aromatic N) is 3. The lowest BCUT2D eigenvalue weighted by Crippen LogP contribution is -2.62. The smallest absolute Gasteiger partial charge is 0.255 e. The lowest BCUT2D eigenvalue weighted by Gasteiger charge is -2.51. The van der Waals surface area contributed by atoms with Gasteiger partial charge < -0.3 is 14.4 Å². The minimum absolute atomic E-state index is 0.0546. The number of pyridine rings is 1. The molecule has 24 heavy (non-hydrogen) atoms. The highest BCUT2D eigenvalue weighted by Crippen LogP contribution is 2.32. The Morgan fingerprint density at radius 2 is 2.12 bits per heavy atom. The Hall–Kier alpha value is -1.50. The fourth-order valence-corrected chi connectivity index (χ4v) is 3.68. The summed E-state index contributed by atoms with van der Waals surface area (Å²) in [5.74, 6) is 0.0810. The Morgan fingerprint density at radius 3 is 2.79 bits per heavy atom. The third kappa shape index (κ3) is 3.61. The molecule has 1 aromatic rings. The zero-order chi connectivity index (χ0) is 17.0. The zero-order valence-corrected chi connectivity index (χ0v) is 14.7. The van der Waals surface area contributed by atoms with Crippen molar-refractivity contribution in [2.45, 2.75) is 25.3 Å². The van der Waals surface area contributed by atoms with Gasteiger partial charge in [-0.15, -0.1) is 0 Å². The zero-order valence-electron chi connectivity index (χ0n) is 14.7. The van der Waals surface area contributed by atoms with Gasteiger partial charge in [-0.2, -0.15) is 0 Å². The number of methoxy groups -OCH3 is 1. The van der Waals surface area contributed by atoms with Crippen LogP contribution in [-0.4, -0.2) is 79.3 Å². The normalized spacial score (nSPS) is 21.2. The Kier molecular flexibility index (Phi) is 5.48. The number of ether oxygens (including phenoxy) is 2. The van der Waals surface area contributed by atoms with Gasteiger partial charge in [0, 0.05) is 50.7 Å². The Balaban J connectivity index is 1.63. The minimum Gasteiger partial charge on any atom is -0.383 e. The van der Waals surface area contributed by atoms with Gasteiger partial charge in [0.15, 0.2) is 0 Å². The molecule has 6 nitrogen and oxygen atoms in total. The molecule has 2 saturated heterocycles. The van der Waals surface area contributed by atoms with E-state index in [2.05, 4.69) is 9.88 Å². The number of aryl methyl sites for hydroxylation is 1. The third-order valence-corrected chi connectivity index (χ3v) is 5.25. The highest BCUT2D eigenvalue weighted by Gasteiger charge is 2.42. The Labute approximate surface area is 143 Å². The lowest BCUT2D eigenvalue weighted by atomic mass is 9.85. The van der Waals surface area contributed by atoms with Crippen LogP contribution in [0.2, 0.25) is 0 Å². The van der Waals surface area contributed by atoms with E-state index in [1.165, 1.54) is 0 Å². The van der Waals surface area contributed by atoms with Crippen LogP contribution in [0.15, 0.2) is 18.3 Å². The van der Waals surface area contributed by atoms with E-state index in [9.17, 15) is 4.79 Å². The first-order valence-corrected chi connectivity index (χ1v) is 8.68. The molecular formula is C18H27N3O3. The number of rotatable bonds is 4. The molecule has 132 valence electrons. The van der Waals surface area contributed by atoms with Gasteiger partial charge in [-0.05, 0) is 31.9 Å². The number of likely N-dealkylation sites (tertiary alicyclic amines) is 1. The van der Waals surface area contributed by atoms with E-state index in [0.29, 0.717) is 5.56 Å². The van der Waals surface area contributed by atoms with Crippen LogP contribution in [0.1, 0.15) is 28.9 Å². The molecule has 3 rings (SSSR count). The predicted molar refractivity (Wildman–Crippen MR) is 91.1 cm³/mol. The van der Waals surface area contributed by atoms with Gasteiger partial charge >= 0.3 is 0 Å². The first-order chi connectivity index (χ1) is 11.6. The molecule has 0 saturated carbocycles. The second-order valence-corrected chi connectivity index (χ2v) is 6.74. The van der Waals surface area contributed by atoms with Gasteiger partial charge in [-0.3, -0.25) is 14.7 Å². The third-order valence-electron chi connectivity index (χ3n) is 5.25. The van der Waals surface area contributed by atoms with Crippen molar-refractivity contribution in [2.75, 3.05) is 53.1 Å². The molecule has 1 amide bonds. The summed E-state index contributed by atoms with van der Waals surface area (Å²) >= 11 is 0. The van der Waals surface area contributed by atoms with Crippen molar-refractivity contribution in [3.8, 4) is 0 Å². The fourth-order valence-electron chi connectivity index (χ4n) is 3.68. The average molecular weight is 333 g/mol. The molecule has 0 aliphatic carbocycles. The molecule has 0 atom stereocenters. The van der Waals surface area contributed by atoms with Gasteiger partial charge in [-0.25, -0.2) is 0 Å². The molecule has 0 radical (unpaired) electrons. The molecule has 2 aliphatic rings. The highest BCUT2D eigenvalue weighted by molar-refractivity contribution is 5.94. The van der Waals surface area contributed by atoms with Crippen molar-refractivity contribution in [3.63, 3.8) is 0 Å². The van der Waals surface area contributed by atoms with Crippen LogP contribution in [0.3, 0.4) is 0 Å². The molecule has 0 bridgehead atoms. The number of hydrogen-bond donors (Lipinski definition) is 0. The number of piperidine rings is 1. The first kappa shape index (κ1) is 17.3. The summed E-state index contributed by atoms with van der Waals surface area (Å²) in [5.41, 5.74) is 1.66. The van der Waals surface area contributed by atoms with Crippen LogP contribution in [-0.2, 0) is 9.47 Å². The lowest BCUT2D eigenvalue weighted by molar-refractivity contribution is -0.0968. The fraction of sp³-hybridized carbons (Fsp3) is 0.667. The van der Waals surface area contributed by atoms with Gasteiger partial charge in [0.25, 0.3) is 5.91 Å². The van der Waals surface area contributed by atoms with Crippen LogP contribution in [0.4, 0.5) is 0 Å². The summed E-state index contributed by atoms with van der Waals surface area (Å²) in [6, 6.07) is 3.75. The number of hydrogen-bond acceptors (Lipinski definition) is 5. The summed E-state index contributed by atoms with van der Waals surface area (Å²) in [5, 5.41) is 0. The van der Waals surface area contributed by atoms with Crippen LogP contribution in [0.25, 0.3) is 0 Å². The van der Waals surface area contributed by atoms with Crippen LogP contribution >= 0.6 is 0 Å². The van der Waals surface area contributed by atoms with E-state index in [0.717, 1.165) is 64.5 Å². The van der Waals surface area contributed by atoms with Crippen LogP contribution in [0.5, 0.6) is 0 Å². The highest BCUT2D eigenvalue weighted by atomic mass is 16.5. The molecule has 0 N–H and O–H groups in total. The molecule has 0 aromatic carbocycles. The van der Waals surface area contributed by atoms with Crippen molar-refractivity contribution in [3.05, 3.63) is 29.6 Å². The largest absolute Gasteiger partial charge is 0.383 e. The van der Waals surface area contributed by atoms with E-state index < -0.39 is 0 Å². The van der Waals surface area contributed by atoms with Crippen LogP contribution in [0, 0.1) is 6.92 Å². The monoisotopic (exact) mass is 333 g/mol. The Bertz CT molecular complexity index is 553. The van der Waals surface area contributed by atoms with E-state index >= 15 is 0 Å². The second-order valence-electron chi connectivity index (χ2n) is 6.74. The minimum atomic E-state index is 0.0546. The first-order valence-electron chi connectivity index (χ1n) is 8.68. The van der Waals surface area contributed by atoms with E-state index in [1.54, 1.807) is 13.3 Å². The maximum Gasteiger partial charge on any atom is 0.255 e. The van der Waals surface area contributed by atoms with Gasteiger partial charge in [0.1, 0.15) is 0 Å². The van der Waals surface area contributed by atoms with Gasteiger partial charge in [0.2, 0.25) is 0 Å². The van der Waals surface area contributed by atoms with Crippen molar-refractivity contribution >= 4 is 5.91 Å². The quantitative estimate of drug-likeness (QED) is 0.832. The van der Waals surface area contributed by atoms with Gasteiger partial charge in [0.05, 0.1) is 25.4 Å². The SMILES string of the molecule is COCCN1CCOCC12CCN(C(=O)c1ccc(C)nc1)CC2. The van der Waals surface area contributed by atoms with Crippen molar-refractivity contribution in [1.29, 1.82) is 0 Å². The predicted octanol–water partition coefficient (Wildman–Crippen LogP) is 1.34. The summed E-state index contributed by atoms with van der Waals surface area (Å²) < 4.78 is 11.0. The summed E-state index contributed by atoms with van der Waals surface area (Å²) in [6.45, 7) is 7.60. The average Bonchev–Trinajstić information content (AvgIpc) is 2.62. The van der Waals surface area contributed by atoms with E-state index in [4.69, 9.17) is 9.47 Å². The molecule has 0 unspecified atom stereocenters. The number of carbonyl (C=O) groups excluding carboxylic acids is 1. The second kappa shape index (κ2) is 7.59. The number of morpholine rings is 1. The molecule has 1 spiro atoms. The van der Waals surface area contributed by atoms with Crippen molar-refractivity contribution in [2.24, 2.45) is 0 Å². The van der Waals surface area contributed by atoms with Crippen molar-refractivity contribution < 1.29 is 14.3 Å². The summed E-state index contributed by atoms with van der Waals surface area (Å²) in [7, 11) is 1.74. The topological polar surface area (TPSA) is 54.9 Å². The molecule has 2 fully saturated rings. The van der Waals surface area contributed by atoms with E-state index in [-0.39, 0.29) is 11.4 Å². The molecule has 1 aromatic heterocycles. The van der Waals surface area contributed by atoms with Gasteiger partial charge in [-0.1, -0.05) is 0 Å². The Morgan fingerprint density at radius 1 is 1.33 bits per heavy atom. The standard InChI is InChI=1S/C18H27N3O3/c1-15-3-4-16(13-19-15)17(22)20-7-5-18(6-8-20)14-24-12-10-21(18)9-11-23-2/h3-4,13H,5-12,14H2,1-2H3. The maximum absolute atomic E-state index is 12.7. The number of amides is 1. The summed E-state index contributed by atoms with van der Waals surface area (Å²) in [4.78, 5) is 21.3. The van der Waals surface area contributed by atoms with Crippen molar-refractivity contribution in [1.82, 2.24) is 14.8 Å². The number of aromatic nitrogens is 1. The van der Waals surface area contributed by atoms with Crippen LogP contribution < -0.4 is 0 Å². The molecule has 6 heteroatoms. The molecular weight excluding hydrogens is 306 g/mol. The summed E-state index contributed by atoms with van der Waals surface area (Å²) in [6.07, 6.45) is 3.57. The molecule has 3 heterocycles. The molecule has 2 aliphatic heterocycles. The number of carbonyl (C=O) groups is 1. The maximum atomic E-state index is 12.7. The van der Waals surface area contributed by atoms with E-state index in [1.807, 2.05) is 24.0 Å².